The number of nitrogens with zero attached hydrogens (tertiary/aromatic N) is 4. The minimum atomic E-state index is -1.92. The molecule has 2 aliphatic rings. The second kappa shape index (κ2) is 9.61. The molecule has 0 atom stereocenters. The summed E-state index contributed by atoms with van der Waals surface area (Å²) < 4.78 is 21.3. The van der Waals surface area contributed by atoms with Gasteiger partial charge >= 0.3 is 5.97 Å². The van der Waals surface area contributed by atoms with Gasteiger partial charge in [0, 0.05) is 20.2 Å². The maximum absolute atomic E-state index is 12.3. The predicted octanol–water partition coefficient (Wildman–Crippen LogP) is 1.52. The van der Waals surface area contributed by atoms with Crippen LogP contribution in [0.5, 0.6) is 0 Å². The van der Waals surface area contributed by atoms with E-state index in [-0.39, 0.29) is 5.97 Å². The molecule has 0 bridgehead atoms. The number of hydrogen-bond donors (Lipinski definition) is 0. The molecule has 0 aliphatic carbocycles. The highest BCUT2D eigenvalue weighted by atomic mass is 32.1. The summed E-state index contributed by atoms with van der Waals surface area (Å²) in [5, 5.41) is 2.02. The van der Waals surface area contributed by atoms with Crippen molar-refractivity contribution in [1.82, 2.24) is 14.2 Å². The first kappa shape index (κ1) is 21.6. The zero-order chi connectivity index (χ0) is 20.1. The highest BCUT2D eigenvalue weighted by Gasteiger charge is 2.52. The zero-order valence-corrected chi connectivity index (χ0v) is 18.8. The van der Waals surface area contributed by atoms with Gasteiger partial charge in [0.1, 0.15) is 4.88 Å². The molecule has 156 valence electrons. The Bertz CT molecular complexity index is 682. The lowest BCUT2D eigenvalue weighted by Crippen LogP contribution is -2.49. The summed E-state index contributed by atoms with van der Waals surface area (Å²) in [7, 11) is 3.38. The van der Waals surface area contributed by atoms with Crippen molar-refractivity contribution < 1.29 is 19.0 Å². The van der Waals surface area contributed by atoms with Gasteiger partial charge in [0.2, 0.25) is 0 Å². The Morgan fingerprint density at radius 1 is 1.18 bits per heavy atom. The Hall–Kier alpha value is -1.09. The first-order valence-corrected chi connectivity index (χ1v) is 12.4. The molecule has 0 radical (unpaired) electrons. The zero-order valence-electron chi connectivity index (χ0n) is 17.1. The SMILES string of the molecule is COC(=O)c1cc([P+](C)(N2CCOCC2)N2CCOCC2)c(/N=C/N(C)C)s1. The van der Waals surface area contributed by atoms with Gasteiger partial charge < -0.3 is 19.1 Å². The van der Waals surface area contributed by atoms with Crippen molar-refractivity contribution in [3.63, 3.8) is 0 Å². The fraction of sp³-hybridized carbons (Fsp3) is 0.667. The van der Waals surface area contributed by atoms with Crippen LogP contribution in [0.25, 0.3) is 0 Å². The third-order valence-corrected chi connectivity index (χ3v) is 10.4. The van der Waals surface area contributed by atoms with Gasteiger partial charge in [-0.15, -0.1) is 11.3 Å². The molecule has 0 saturated carbocycles. The van der Waals surface area contributed by atoms with Crippen LogP contribution in [0.15, 0.2) is 11.1 Å². The molecule has 0 N–H and O–H groups in total. The second-order valence-corrected chi connectivity index (χ2v) is 11.5. The van der Waals surface area contributed by atoms with Crippen LogP contribution in [0.1, 0.15) is 9.67 Å². The summed E-state index contributed by atoms with van der Waals surface area (Å²) >= 11 is 1.40. The molecule has 2 fully saturated rings. The van der Waals surface area contributed by atoms with Gasteiger partial charge in [0.15, 0.2) is 17.9 Å². The largest absolute Gasteiger partial charge is 0.465 e. The van der Waals surface area contributed by atoms with Crippen LogP contribution in [0.2, 0.25) is 0 Å². The van der Waals surface area contributed by atoms with Gasteiger partial charge in [-0.2, -0.15) is 9.34 Å². The van der Waals surface area contributed by atoms with Crippen LogP contribution in [0, 0.1) is 0 Å². The fourth-order valence-electron chi connectivity index (χ4n) is 3.51. The van der Waals surface area contributed by atoms with Crippen molar-refractivity contribution in [2.75, 3.05) is 80.5 Å². The first-order chi connectivity index (χ1) is 13.5. The number of ether oxygens (including phenoxy) is 3. The van der Waals surface area contributed by atoms with E-state index in [0.29, 0.717) is 4.88 Å². The quantitative estimate of drug-likeness (QED) is 0.294. The second-order valence-electron chi connectivity index (χ2n) is 7.05. The summed E-state index contributed by atoms with van der Waals surface area (Å²) in [6.45, 7) is 8.75. The molecule has 2 aliphatic heterocycles. The number of carbonyl (C=O) groups excluding carboxylic acids is 1. The number of methoxy groups -OCH3 is 1. The van der Waals surface area contributed by atoms with E-state index in [1.165, 1.54) is 18.4 Å². The Labute approximate surface area is 171 Å². The molecule has 0 amide bonds. The third-order valence-electron chi connectivity index (χ3n) is 5.02. The van der Waals surface area contributed by atoms with Gasteiger partial charge in [-0.25, -0.2) is 9.79 Å². The average molecular weight is 430 g/mol. The Morgan fingerprint density at radius 3 is 2.18 bits per heavy atom. The van der Waals surface area contributed by atoms with E-state index in [4.69, 9.17) is 19.2 Å². The van der Waals surface area contributed by atoms with Crippen LogP contribution < -0.4 is 5.30 Å². The third kappa shape index (κ3) is 4.56. The van der Waals surface area contributed by atoms with E-state index < -0.39 is 7.56 Å². The Kier molecular flexibility index (Phi) is 7.42. The van der Waals surface area contributed by atoms with Crippen LogP contribution >= 0.6 is 18.9 Å². The summed E-state index contributed by atoms with van der Waals surface area (Å²) in [4.78, 5) is 19.5. The van der Waals surface area contributed by atoms with Gasteiger partial charge in [-0.05, 0) is 0 Å². The van der Waals surface area contributed by atoms with Crippen molar-refractivity contribution in [1.29, 1.82) is 0 Å². The minimum absolute atomic E-state index is 0.312. The molecule has 3 rings (SSSR count). The molecular weight excluding hydrogens is 399 g/mol. The van der Waals surface area contributed by atoms with E-state index >= 15 is 0 Å². The normalized spacial score (nSPS) is 19.9. The molecule has 10 heteroatoms. The summed E-state index contributed by atoms with van der Waals surface area (Å²) in [5.41, 5.74) is 0. The number of aliphatic imine (C=N–C) groups is 1. The van der Waals surface area contributed by atoms with Crippen molar-refractivity contribution in [2.45, 2.75) is 0 Å². The van der Waals surface area contributed by atoms with Crippen LogP contribution in [0.4, 0.5) is 5.00 Å². The Balaban J connectivity index is 2.08. The molecule has 0 unspecified atom stereocenters. The van der Waals surface area contributed by atoms with Crippen molar-refractivity contribution in [3.05, 3.63) is 10.9 Å². The van der Waals surface area contributed by atoms with Gasteiger partial charge in [-0.1, -0.05) is 0 Å². The van der Waals surface area contributed by atoms with Crippen LogP contribution in [-0.2, 0) is 14.2 Å². The van der Waals surface area contributed by atoms with E-state index in [0.717, 1.165) is 62.9 Å². The fourth-order valence-corrected chi connectivity index (χ4v) is 8.71. The van der Waals surface area contributed by atoms with Crippen molar-refractivity contribution in [2.24, 2.45) is 4.99 Å². The number of thiophene rings is 1. The molecule has 1 aromatic rings. The lowest BCUT2D eigenvalue weighted by molar-refractivity contribution is 0.0569. The maximum Gasteiger partial charge on any atom is 0.348 e. The highest BCUT2D eigenvalue weighted by Crippen LogP contribution is 2.63. The summed E-state index contributed by atoms with van der Waals surface area (Å²) in [6.07, 6.45) is 1.79. The van der Waals surface area contributed by atoms with Crippen LogP contribution in [0.3, 0.4) is 0 Å². The maximum atomic E-state index is 12.3. The molecule has 2 saturated heterocycles. The number of morpholine rings is 2. The lowest BCUT2D eigenvalue weighted by Gasteiger charge is -2.43. The molecule has 1 aromatic heterocycles. The van der Waals surface area contributed by atoms with Gasteiger partial charge in [0.05, 0.1) is 72.7 Å². The van der Waals surface area contributed by atoms with Crippen molar-refractivity contribution >= 4 is 41.5 Å². The average Bonchev–Trinajstić information content (AvgIpc) is 3.17. The molecule has 3 heterocycles. The Morgan fingerprint density at radius 2 is 1.71 bits per heavy atom. The van der Waals surface area contributed by atoms with Gasteiger partial charge in [-0.3, -0.25) is 0 Å². The summed E-state index contributed by atoms with van der Waals surface area (Å²) in [5.74, 6) is -0.312. The van der Waals surface area contributed by atoms with E-state index in [1.807, 2.05) is 25.1 Å². The van der Waals surface area contributed by atoms with Crippen molar-refractivity contribution in [3.8, 4) is 0 Å². The van der Waals surface area contributed by atoms with E-state index in [2.05, 4.69) is 16.0 Å². The lowest BCUT2D eigenvalue weighted by atomic mass is 10.5. The molecule has 8 nitrogen and oxygen atoms in total. The van der Waals surface area contributed by atoms with E-state index in [1.54, 1.807) is 6.34 Å². The summed E-state index contributed by atoms with van der Waals surface area (Å²) in [6, 6.07) is 2.00. The number of carbonyl (C=O) groups is 1. The monoisotopic (exact) mass is 429 g/mol. The number of hydrogen-bond acceptors (Lipinski definition) is 8. The highest BCUT2D eigenvalue weighted by molar-refractivity contribution is 7.78. The molecule has 0 aromatic carbocycles. The molecular formula is C18H30N4O4PS+. The smallest absolute Gasteiger partial charge is 0.348 e. The molecule has 28 heavy (non-hydrogen) atoms. The van der Waals surface area contributed by atoms with Crippen LogP contribution in [-0.4, -0.2) is 107 Å². The predicted molar refractivity (Wildman–Crippen MR) is 115 cm³/mol. The first-order valence-electron chi connectivity index (χ1n) is 9.43. The minimum Gasteiger partial charge on any atom is -0.465 e. The standard InChI is InChI=1S/C18H30N4O4PS/c1-20(2)14-19-17-15(13-16(28-17)18(23)24-3)27(4,21-5-9-25-10-6-21)22-7-11-26-12-8-22/h13-14H,5-12H2,1-4H3/q+1/b19-14+. The number of rotatable bonds is 6. The van der Waals surface area contributed by atoms with Gasteiger partial charge in [0.25, 0.3) is 0 Å². The molecule has 0 spiro atoms. The topological polar surface area (TPSA) is 66.8 Å². The van der Waals surface area contributed by atoms with E-state index in [9.17, 15) is 4.79 Å². The number of esters is 1.